The van der Waals surface area contributed by atoms with Crippen LogP contribution >= 0.6 is 0 Å². The minimum Gasteiger partial charge on any atom is -0.497 e. The molecule has 1 aromatic carbocycles. The monoisotopic (exact) mass is 376 g/mol. The van der Waals surface area contributed by atoms with Crippen LogP contribution in [-0.4, -0.2) is 32.5 Å². The number of methoxy groups -OCH3 is 1. The normalized spacial score (nSPS) is 13.3. The van der Waals surface area contributed by atoms with E-state index in [-0.39, 0.29) is 23.7 Å². The van der Waals surface area contributed by atoms with Crippen LogP contribution in [0.4, 0.5) is 0 Å². The third kappa shape index (κ3) is 2.50. The number of ether oxygens (including phenoxy) is 1. The van der Waals surface area contributed by atoms with E-state index in [4.69, 9.17) is 9.15 Å². The summed E-state index contributed by atoms with van der Waals surface area (Å²) in [5.41, 5.74) is 2.24. The summed E-state index contributed by atoms with van der Waals surface area (Å²) in [6.07, 6.45) is 1.55. The molecule has 4 heterocycles. The Morgan fingerprint density at radius 3 is 2.89 bits per heavy atom. The lowest BCUT2D eigenvalue weighted by molar-refractivity contribution is 0.0762. The van der Waals surface area contributed by atoms with Crippen LogP contribution in [-0.2, 0) is 13.1 Å². The number of amides is 1. The number of fused-ring (bicyclic) bond motifs is 2. The highest BCUT2D eigenvalue weighted by atomic mass is 16.5. The third-order valence-corrected chi connectivity index (χ3v) is 4.84. The smallest absolute Gasteiger partial charge is 0.278 e. The maximum absolute atomic E-state index is 12.9. The molecule has 1 aliphatic rings. The first-order valence-electron chi connectivity index (χ1n) is 8.75. The number of hydrogen-bond acceptors (Lipinski definition) is 5. The van der Waals surface area contributed by atoms with E-state index in [1.807, 2.05) is 24.3 Å². The Labute approximate surface area is 159 Å². The fraction of sp³-hybridized carbons (Fsp3) is 0.150. The van der Waals surface area contributed by atoms with Gasteiger partial charge in [-0.05, 0) is 29.8 Å². The highest BCUT2D eigenvalue weighted by Gasteiger charge is 2.32. The summed E-state index contributed by atoms with van der Waals surface area (Å²) >= 11 is 0. The average Bonchev–Trinajstić information content (AvgIpc) is 3.43. The molecule has 1 N–H and O–H groups in total. The maximum Gasteiger partial charge on any atom is 0.278 e. The number of hydrogen-bond donors (Lipinski definition) is 1. The van der Waals surface area contributed by atoms with Crippen molar-refractivity contribution in [2.45, 2.75) is 13.1 Å². The number of nitrogens with zero attached hydrogens (tertiary/aromatic N) is 3. The molecule has 8 nitrogen and oxygen atoms in total. The predicted molar refractivity (Wildman–Crippen MR) is 100 cm³/mol. The van der Waals surface area contributed by atoms with Crippen LogP contribution in [0.15, 0.2) is 57.9 Å². The van der Waals surface area contributed by atoms with Gasteiger partial charge in [0.05, 0.1) is 25.5 Å². The Balaban J connectivity index is 1.50. The Hall–Kier alpha value is -3.81. The van der Waals surface area contributed by atoms with Crippen LogP contribution in [0, 0.1) is 0 Å². The minimum atomic E-state index is -0.278. The third-order valence-electron chi connectivity index (χ3n) is 4.84. The lowest BCUT2D eigenvalue weighted by Crippen LogP contribution is -2.23. The molecule has 0 spiro atoms. The standard InChI is InChI=1S/C20H16N4O4/c1-27-13-5-2-4-12(8-13)10-23-11-14-18(20(23)26)21-17-9-15(16-6-3-7-28-16)22-24(17)19(14)25/h2-9,22H,10-11H2,1H3. The van der Waals surface area contributed by atoms with Crippen LogP contribution < -0.4 is 10.3 Å². The van der Waals surface area contributed by atoms with Gasteiger partial charge < -0.3 is 14.1 Å². The zero-order chi connectivity index (χ0) is 19.3. The van der Waals surface area contributed by atoms with E-state index in [0.717, 1.165) is 11.3 Å². The molecule has 0 aliphatic carbocycles. The number of benzene rings is 1. The van der Waals surface area contributed by atoms with E-state index >= 15 is 0 Å². The van der Waals surface area contributed by atoms with Gasteiger partial charge in [-0.15, -0.1) is 0 Å². The van der Waals surface area contributed by atoms with E-state index in [1.54, 1.807) is 36.5 Å². The fourth-order valence-corrected chi connectivity index (χ4v) is 3.47. The largest absolute Gasteiger partial charge is 0.497 e. The van der Waals surface area contributed by atoms with Crippen molar-refractivity contribution in [3.63, 3.8) is 0 Å². The lowest BCUT2D eigenvalue weighted by atomic mass is 10.2. The van der Waals surface area contributed by atoms with E-state index in [0.29, 0.717) is 29.2 Å². The summed E-state index contributed by atoms with van der Waals surface area (Å²) < 4.78 is 11.9. The lowest BCUT2D eigenvalue weighted by Gasteiger charge is -2.15. The molecular formula is C20H16N4O4. The second-order valence-electron chi connectivity index (χ2n) is 6.60. The van der Waals surface area contributed by atoms with Crippen molar-refractivity contribution >= 4 is 11.6 Å². The Bertz CT molecular complexity index is 1250. The number of furan rings is 1. The first-order valence-corrected chi connectivity index (χ1v) is 8.75. The van der Waals surface area contributed by atoms with E-state index in [2.05, 4.69) is 10.1 Å². The SMILES string of the molecule is COc1cccc(CN2Cc3c(nc4cc(-c5ccco5)[nH]n4c3=O)C2=O)c1. The zero-order valence-electron chi connectivity index (χ0n) is 15.0. The highest BCUT2D eigenvalue weighted by molar-refractivity contribution is 5.96. The number of aromatic amines is 1. The van der Waals surface area contributed by atoms with Gasteiger partial charge in [-0.3, -0.25) is 14.7 Å². The van der Waals surface area contributed by atoms with E-state index < -0.39 is 0 Å². The zero-order valence-corrected chi connectivity index (χ0v) is 15.0. The highest BCUT2D eigenvalue weighted by Crippen LogP contribution is 2.24. The molecule has 0 saturated carbocycles. The molecule has 0 atom stereocenters. The summed E-state index contributed by atoms with van der Waals surface area (Å²) in [6, 6.07) is 12.7. The van der Waals surface area contributed by atoms with Gasteiger partial charge in [0.15, 0.2) is 11.4 Å². The Morgan fingerprint density at radius 1 is 1.21 bits per heavy atom. The number of nitrogens with one attached hydrogen (secondary N) is 1. The summed E-state index contributed by atoms with van der Waals surface area (Å²) in [5, 5.41) is 2.99. The van der Waals surface area contributed by atoms with Gasteiger partial charge >= 0.3 is 0 Å². The summed E-state index contributed by atoms with van der Waals surface area (Å²) in [5.74, 6) is 1.06. The Morgan fingerprint density at radius 2 is 2.11 bits per heavy atom. The van der Waals surface area contributed by atoms with Crippen molar-refractivity contribution in [2.75, 3.05) is 7.11 Å². The first-order chi connectivity index (χ1) is 13.6. The van der Waals surface area contributed by atoms with Crippen molar-refractivity contribution in [3.05, 3.63) is 75.9 Å². The van der Waals surface area contributed by atoms with Gasteiger partial charge in [0, 0.05) is 12.6 Å². The molecule has 5 rings (SSSR count). The molecule has 3 aromatic heterocycles. The molecule has 140 valence electrons. The number of aromatic nitrogens is 3. The second kappa shape index (κ2) is 6.12. The summed E-state index contributed by atoms with van der Waals surface area (Å²) in [4.78, 5) is 31.8. The van der Waals surface area contributed by atoms with Gasteiger partial charge in [-0.1, -0.05) is 12.1 Å². The summed E-state index contributed by atoms with van der Waals surface area (Å²) in [7, 11) is 1.60. The number of H-pyrrole nitrogens is 1. The minimum absolute atomic E-state index is 0.206. The molecule has 1 amide bonds. The van der Waals surface area contributed by atoms with Crippen LogP contribution in [0.2, 0.25) is 0 Å². The van der Waals surface area contributed by atoms with Crippen LogP contribution in [0.1, 0.15) is 21.6 Å². The van der Waals surface area contributed by atoms with Gasteiger partial charge in [0.1, 0.15) is 17.1 Å². The topological polar surface area (TPSA) is 92.8 Å². The molecule has 0 fully saturated rings. The van der Waals surface area contributed by atoms with Crippen LogP contribution in [0.3, 0.4) is 0 Å². The molecule has 0 bridgehead atoms. The molecule has 1 aliphatic heterocycles. The number of carbonyl (C=O) groups excluding carboxylic acids is 1. The van der Waals surface area contributed by atoms with E-state index in [1.165, 1.54) is 4.52 Å². The fourth-order valence-electron chi connectivity index (χ4n) is 3.47. The molecule has 4 aromatic rings. The first kappa shape index (κ1) is 16.4. The van der Waals surface area contributed by atoms with Gasteiger partial charge in [-0.25, -0.2) is 9.50 Å². The summed E-state index contributed by atoms with van der Waals surface area (Å²) in [6.45, 7) is 0.595. The second-order valence-corrected chi connectivity index (χ2v) is 6.60. The van der Waals surface area contributed by atoms with Crippen molar-refractivity contribution in [1.82, 2.24) is 19.5 Å². The molecule has 0 radical (unpaired) electrons. The maximum atomic E-state index is 12.9. The van der Waals surface area contributed by atoms with Crippen molar-refractivity contribution < 1.29 is 13.9 Å². The Kier molecular flexibility index (Phi) is 3.58. The van der Waals surface area contributed by atoms with E-state index in [9.17, 15) is 9.59 Å². The number of carbonyl (C=O) groups is 1. The quantitative estimate of drug-likeness (QED) is 0.591. The van der Waals surface area contributed by atoms with Gasteiger partial charge in [-0.2, -0.15) is 0 Å². The van der Waals surface area contributed by atoms with Gasteiger partial charge in [0.2, 0.25) is 0 Å². The van der Waals surface area contributed by atoms with Crippen molar-refractivity contribution in [2.24, 2.45) is 0 Å². The predicted octanol–water partition coefficient (Wildman–Crippen LogP) is 2.45. The van der Waals surface area contributed by atoms with Crippen LogP contribution in [0.5, 0.6) is 5.75 Å². The average molecular weight is 376 g/mol. The van der Waals surface area contributed by atoms with Crippen molar-refractivity contribution in [1.29, 1.82) is 0 Å². The molecular weight excluding hydrogens is 360 g/mol. The molecule has 8 heteroatoms. The molecule has 0 saturated heterocycles. The number of rotatable bonds is 4. The van der Waals surface area contributed by atoms with Crippen LogP contribution in [0.25, 0.3) is 17.1 Å². The van der Waals surface area contributed by atoms with Crippen molar-refractivity contribution in [3.8, 4) is 17.2 Å². The molecule has 28 heavy (non-hydrogen) atoms. The van der Waals surface area contributed by atoms with Gasteiger partial charge in [0.25, 0.3) is 11.5 Å². The molecule has 0 unspecified atom stereocenters.